The molecule has 3 rings (SSSR count). The van der Waals surface area contributed by atoms with Crippen LogP contribution in [0.2, 0.25) is 0 Å². The molecule has 19 heavy (non-hydrogen) atoms. The van der Waals surface area contributed by atoms with Crippen LogP contribution < -0.4 is 5.32 Å². The predicted octanol–water partition coefficient (Wildman–Crippen LogP) is 3.41. The van der Waals surface area contributed by atoms with E-state index in [2.05, 4.69) is 46.5 Å². The van der Waals surface area contributed by atoms with Gasteiger partial charge in [0.1, 0.15) is 0 Å². The average molecular weight is 251 g/mol. The highest BCUT2D eigenvalue weighted by Gasteiger charge is 2.04. The van der Waals surface area contributed by atoms with Crippen molar-refractivity contribution in [2.75, 3.05) is 0 Å². The Morgan fingerprint density at radius 3 is 2.84 bits per heavy atom. The molecule has 0 radical (unpaired) electrons. The second kappa shape index (κ2) is 5.24. The zero-order valence-electron chi connectivity index (χ0n) is 10.9. The van der Waals surface area contributed by atoms with E-state index < -0.39 is 0 Å². The number of aromatic amines is 1. The smallest absolute Gasteiger partial charge is 0.0457 e. The first kappa shape index (κ1) is 11.9. The normalized spacial score (nSPS) is 12.7. The molecule has 0 saturated heterocycles. The van der Waals surface area contributed by atoms with Gasteiger partial charge in [-0.05, 0) is 47.7 Å². The lowest BCUT2D eigenvalue weighted by Crippen LogP contribution is -2.17. The molecule has 96 valence electrons. The highest BCUT2D eigenvalue weighted by molar-refractivity contribution is 5.79. The van der Waals surface area contributed by atoms with Crippen molar-refractivity contribution in [1.29, 1.82) is 0 Å². The molecule has 1 atom stereocenters. The number of nitrogens with one attached hydrogen (secondary N) is 2. The van der Waals surface area contributed by atoms with Crippen molar-refractivity contribution >= 4 is 10.9 Å². The van der Waals surface area contributed by atoms with E-state index in [4.69, 9.17) is 0 Å². The first-order chi connectivity index (χ1) is 9.33. The minimum Gasteiger partial charge on any atom is -0.361 e. The minimum atomic E-state index is 0.322. The molecule has 2 aromatic heterocycles. The van der Waals surface area contributed by atoms with Gasteiger partial charge in [0.05, 0.1) is 0 Å². The van der Waals surface area contributed by atoms with Gasteiger partial charge in [0.15, 0.2) is 0 Å². The molecule has 0 aliphatic rings. The highest BCUT2D eigenvalue weighted by atomic mass is 14.9. The molecule has 0 aliphatic heterocycles. The van der Waals surface area contributed by atoms with Gasteiger partial charge in [-0.15, -0.1) is 0 Å². The summed E-state index contributed by atoms with van der Waals surface area (Å²) in [6, 6.07) is 13.0. The molecule has 2 heterocycles. The number of pyridine rings is 1. The summed E-state index contributed by atoms with van der Waals surface area (Å²) in [6.45, 7) is 3.03. The molecule has 2 N–H and O–H groups in total. The third kappa shape index (κ3) is 2.66. The summed E-state index contributed by atoms with van der Waals surface area (Å²) >= 11 is 0. The third-order valence-electron chi connectivity index (χ3n) is 3.44. The second-order valence-electron chi connectivity index (χ2n) is 4.78. The topological polar surface area (TPSA) is 40.7 Å². The SMILES string of the molecule is C[C@@H](NCc1ccc2cc[nH]c2c1)c1ccncc1. The zero-order valence-corrected chi connectivity index (χ0v) is 10.9. The summed E-state index contributed by atoms with van der Waals surface area (Å²) in [5.74, 6) is 0. The van der Waals surface area contributed by atoms with Crippen molar-refractivity contribution in [2.45, 2.75) is 19.5 Å². The predicted molar refractivity (Wildman–Crippen MR) is 77.8 cm³/mol. The monoisotopic (exact) mass is 251 g/mol. The van der Waals surface area contributed by atoms with Crippen molar-refractivity contribution < 1.29 is 0 Å². The molecule has 3 heteroatoms. The molecule has 3 aromatic rings. The molecule has 0 saturated carbocycles. The molecule has 3 nitrogen and oxygen atoms in total. The van der Waals surface area contributed by atoms with Crippen LogP contribution in [0, 0.1) is 0 Å². The van der Waals surface area contributed by atoms with Gasteiger partial charge in [-0.3, -0.25) is 4.98 Å². The lowest BCUT2D eigenvalue weighted by atomic mass is 10.1. The standard InChI is InChI=1S/C16H17N3/c1-12(14-4-7-17-8-5-14)19-11-13-2-3-15-6-9-18-16(15)10-13/h2-10,12,18-19H,11H2,1H3/t12-/m1/s1. The summed E-state index contributed by atoms with van der Waals surface area (Å²) in [6.07, 6.45) is 5.64. The number of H-pyrrole nitrogens is 1. The third-order valence-corrected chi connectivity index (χ3v) is 3.44. The van der Waals surface area contributed by atoms with Crippen LogP contribution in [0.3, 0.4) is 0 Å². The first-order valence-electron chi connectivity index (χ1n) is 6.52. The molecule has 0 fully saturated rings. The number of aromatic nitrogens is 2. The number of hydrogen-bond acceptors (Lipinski definition) is 2. The Morgan fingerprint density at radius 1 is 1.16 bits per heavy atom. The van der Waals surface area contributed by atoms with Gasteiger partial charge in [-0.25, -0.2) is 0 Å². The van der Waals surface area contributed by atoms with Crippen LogP contribution in [-0.4, -0.2) is 9.97 Å². The fourth-order valence-electron chi connectivity index (χ4n) is 2.25. The number of nitrogens with zero attached hydrogens (tertiary/aromatic N) is 1. The van der Waals surface area contributed by atoms with Crippen LogP contribution in [-0.2, 0) is 6.54 Å². The Morgan fingerprint density at radius 2 is 2.00 bits per heavy atom. The maximum absolute atomic E-state index is 4.04. The lowest BCUT2D eigenvalue weighted by molar-refractivity contribution is 0.574. The number of rotatable bonds is 4. The molecular weight excluding hydrogens is 234 g/mol. The molecule has 0 unspecified atom stereocenters. The Kier molecular flexibility index (Phi) is 3.29. The molecule has 1 aromatic carbocycles. The molecule has 0 bridgehead atoms. The Labute approximate surface area is 112 Å². The van der Waals surface area contributed by atoms with Crippen LogP contribution >= 0.6 is 0 Å². The maximum atomic E-state index is 4.04. The zero-order chi connectivity index (χ0) is 13.1. The summed E-state index contributed by atoms with van der Waals surface area (Å²) in [5.41, 5.74) is 3.74. The van der Waals surface area contributed by atoms with Gasteiger partial charge in [0.25, 0.3) is 0 Å². The number of benzene rings is 1. The fraction of sp³-hybridized carbons (Fsp3) is 0.188. The number of fused-ring (bicyclic) bond motifs is 1. The van der Waals surface area contributed by atoms with Crippen molar-refractivity contribution in [3.05, 3.63) is 66.1 Å². The van der Waals surface area contributed by atoms with Gasteiger partial charge in [0.2, 0.25) is 0 Å². The van der Waals surface area contributed by atoms with E-state index in [9.17, 15) is 0 Å². The Balaban J connectivity index is 1.68. The van der Waals surface area contributed by atoms with E-state index in [0.717, 1.165) is 6.54 Å². The quantitative estimate of drug-likeness (QED) is 0.746. The summed E-state index contributed by atoms with van der Waals surface area (Å²) < 4.78 is 0. The lowest BCUT2D eigenvalue weighted by Gasteiger charge is -2.14. The fourth-order valence-corrected chi connectivity index (χ4v) is 2.25. The van der Waals surface area contributed by atoms with E-state index in [0.29, 0.717) is 6.04 Å². The van der Waals surface area contributed by atoms with Crippen LogP contribution in [0.15, 0.2) is 55.0 Å². The van der Waals surface area contributed by atoms with E-state index in [1.165, 1.54) is 22.0 Å². The summed E-state index contributed by atoms with van der Waals surface area (Å²) in [5, 5.41) is 4.79. The van der Waals surface area contributed by atoms with Crippen LogP contribution in [0.4, 0.5) is 0 Å². The summed E-state index contributed by atoms with van der Waals surface area (Å²) in [7, 11) is 0. The maximum Gasteiger partial charge on any atom is 0.0457 e. The Bertz CT molecular complexity index is 658. The van der Waals surface area contributed by atoms with Crippen molar-refractivity contribution in [2.24, 2.45) is 0 Å². The van der Waals surface area contributed by atoms with E-state index >= 15 is 0 Å². The van der Waals surface area contributed by atoms with Gasteiger partial charge in [0, 0.05) is 36.7 Å². The number of hydrogen-bond donors (Lipinski definition) is 2. The van der Waals surface area contributed by atoms with Gasteiger partial charge >= 0.3 is 0 Å². The molecular formula is C16H17N3. The molecule has 0 amide bonds. The molecule has 0 aliphatic carbocycles. The molecule has 0 spiro atoms. The van der Waals surface area contributed by atoms with Crippen molar-refractivity contribution in [3.8, 4) is 0 Å². The van der Waals surface area contributed by atoms with Crippen LogP contribution in [0.1, 0.15) is 24.1 Å². The first-order valence-corrected chi connectivity index (χ1v) is 6.52. The van der Waals surface area contributed by atoms with Crippen LogP contribution in [0.25, 0.3) is 10.9 Å². The highest BCUT2D eigenvalue weighted by Crippen LogP contribution is 2.16. The van der Waals surface area contributed by atoms with E-state index in [1.807, 2.05) is 30.7 Å². The average Bonchev–Trinajstić information content (AvgIpc) is 2.93. The van der Waals surface area contributed by atoms with E-state index in [1.54, 1.807) is 0 Å². The van der Waals surface area contributed by atoms with Crippen molar-refractivity contribution in [3.63, 3.8) is 0 Å². The second-order valence-corrected chi connectivity index (χ2v) is 4.78. The largest absolute Gasteiger partial charge is 0.361 e. The van der Waals surface area contributed by atoms with Gasteiger partial charge in [-0.1, -0.05) is 12.1 Å². The minimum absolute atomic E-state index is 0.322. The van der Waals surface area contributed by atoms with Gasteiger partial charge < -0.3 is 10.3 Å². The van der Waals surface area contributed by atoms with Gasteiger partial charge in [-0.2, -0.15) is 0 Å². The Hall–Kier alpha value is -2.13. The van der Waals surface area contributed by atoms with Crippen molar-refractivity contribution in [1.82, 2.24) is 15.3 Å². The van der Waals surface area contributed by atoms with Crippen LogP contribution in [0.5, 0.6) is 0 Å². The van der Waals surface area contributed by atoms with E-state index in [-0.39, 0.29) is 0 Å². The summed E-state index contributed by atoms with van der Waals surface area (Å²) in [4.78, 5) is 7.29.